The summed E-state index contributed by atoms with van der Waals surface area (Å²) in [5.41, 5.74) is -0.984. The Labute approximate surface area is 95.3 Å². The molecule has 0 atom stereocenters. The number of pyridine rings is 1. The number of nitrogens with zero attached hydrogens (tertiary/aromatic N) is 2. The van der Waals surface area contributed by atoms with Gasteiger partial charge in [0.1, 0.15) is 11.8 Å². The Balaban J connectivity index is 3.38. The molecular weight excluding hydrogens is 234 g/mol. The van der Waals surface area contributed by atoms with Crippen LogP contribution >= 0.6 is 0 Å². The zero-order chi connectivity index (χ0) is 13.0. The van der Waals surface area contributed by atoms with Crippen LogP contribution in [0, 0.1) is 11.3 Å². The van der Waals surface area contributed by atoms with Gasteiger partial charge < -0.3 is 9.84 Å². The molecule has 0 unspecified atom stereocenters. The fourth-order valence-electron chi connectivity index (χ4n) is 1.32. The Hall–Kier alpha value is -2.23. The summed E-state index contributed by atoms with van der Waals surface area (Å²) in [5.74, 6) is -1.29. The van der Waals surface area contributed by atoms with Gasteiger partial charge in [0.25, 0.3) is 6.43 Å². The van der Waals surface area contributed by atoms with Crippen molar-refractivity contribution in [2.24, 2.45) is 0 Å². The maximum Gasteiger partial charge on any atom is 0.307 e. The number of halogens is 2. The minimum atomic E-state index is -2.87. The lowest BCUT2D eigenvalue weighted by Crippen LogP contribution is -2.07. The maximum absolute atomic E-state index is 12.5. The average molecular weight is 242 g/mol. The van der Waals surface area contributed by atoms with E-state index in [2.05, 4.69) is 4.98 Å². The number of hydrogen-bond donors (Lipinski definition) is 1. The van der Waals surface area contributed by atoms with Gasteiger partial charge in [0, 0.05) is 5.56 Å². The molecule has 0 radical (unpaired) electrons. The predicted octanol–water partition coefficient (Wildman–Crippen LogP) is 1.53. The zero-order valence-corrected chi connectivity index (χ0v) is 8.78. The van der Waals surface area contributed by atoms with Crippen molar-refractivity contribution in [1.82, 2.24) is 4.98 Å². The molecule has 1 aromatic rings. The van der Waals surface area contributed by atoms with E-state index >= 15 is 0 Å². The van der Waals surface area contributed by atoms with Crippen molar-refractivity contribution in [2.45, 2.75) is 12.8 Å². The third-order valence-electron chi connectivity index (χ3n) is 1.95. The average Bonchev–Trinajstić information content (AvgIpc) is 2.26. The van der Waals surface area contributed by atoms with Gasteiger partial charge in [-0.15, -0.1) is 0 Å². The summed E-state index contributed by atoms with van der Waals surface area (Å²) in [4.78, 5) is 14.0. The van der Waals surface area contributed by atoms with Crippen molar-refractivity contribution in [3.8, 4) is 11.8 Å². The van der Waals surface area contributed by atoms with Crippen LogP contribution in [-0.4, -0.2) is 23.2 Å². The largest absolute Gasteiger partial charge is 0.493 e. The first kappa shape index (κ1) is 12.8. The van der Waals surface area contributed by atoms with Crippen LogP contribution in [0.15, 0.2) is 6.07 Å². The van der Waals surface area contributed by atoms with E-state index in [9.17, 15) is 13.6 Å². The van der Waals surface area contributed by atoms with Crippen molar-refractivity contribution in [3.63, 3.8) is 0 Å². The summed E-state index contributed by atoms with van der Waals surface area (Å²) in [7, 11) is 1.21. The predicted molar refractivity (Wildman–Crippen MR) is 51.8 cm³/mol. The van der Waals surface area contributed by atoms with Crippen molar-refractivity contribution in [2.75, 3.05) is 7.11 Å². The van der Waals surface area contributed by atoms with E-state index in [1.165, 1.54) is 7.11 Å². The van der Waals surface area contributed by atoms with E-state index in [1.54, 1.807) is 6.07 Å². The smallest absolute Gasteiger partial charge is 0.307 e. The first-order valence-electron chi connectivity index (χ1n) is 4.47. The van der Waals surface area contributed by atoms with E-state index in [1.807, 2.05) is 0 Å². The lowest BCUT2D eigenvalue weighted by molar-refractivity contribution is -0.136. The molecule has 0 bridgehead atoms. The number of rotatable bonds is 4. The number of nitriles is 1. The second-order valence-electron chi connectivity index (χ2n) is 3.07. The summed E-state index contributed by atoms with van der Waals surface area (Å²) in [6, 6.07) is 2.52. The SMILES string of the molecule is COc1c(CC(=O)O)cc(C(F)F)nc1C#N. The Bertz CT molecular complexity index is 483. The Morgan fingerprint density at radius 2 is 2.35 bits per heavy atom. The van der Waals surface area contributed by atoms with Crippen molar-refractivity contribution < 1.29 is 23.4 Å². The van der Waals surface area contributed by atoms with Gasteiger partial charge in [0.2, 0.25) is 0 Å². The Morgan fingerprint density at radius 1 is 1.71 bits per heavy atom. The monoisotopic (exact) mass is 242 g/mol. The fraction of sp³-hybridized carbons (Fsp3) is 0.300. The number of aliphatic carboxylic acids is 1. The van der Waals surface area contributed by atoms with Crippen molar-refractivity contribution in [1.29, 1.82) is 5.26 Å². The number of carboxylic acids is 1. The van der Waals surface area contributed by atoms with Crippen LogP contribution in [0.3, 0.4) is 0 Å². The van der Waals surface area contributed by atoms with E-state index < -0.39 is 24.5 Å². The summed E-state index contributed by atoms with van der Waals surface area (Å²) in [6.45, 7) is 0. The number of hydrogen-bond acceptors (Lipinski definition) is 4. The molecule has 5 nitrogen and oxygen atoms in total. The molecule has 0 saturated carbocycles. The highest BCUT2D eigenvalue weighted by atomic mass is 19.3. The molecule has 0 aliphatic heterocycles. The molecule has 0 spiro atoms. The molecule has 90 valence electrons. The van der Waals surface area contributed by atoms with Crippen molar-refractivity contribution >= 4 is 5.97 Å². The number of aromatic nitrogens is 1. The molecule has 0 amide bonds. The molecule has 0 fully saturated rings. The van der Waals surface area contributed by atoms with Gasteiger partial charge in [-0.1, -0.05) is 0 Å². The van der Waals surface area contributed by atoms with Gasteiger partial charge in [-0.2, -0.15) is 5.26 Å². The molecule has 0 aliphatic carbocycles. The molecule has 1 rings (SSSR count). The molecule has 7 heteroatoms. The van der Waals surface area contributed by atoms with Gasteiger partial charge in [0.05, 0.1) is 13.5 Å². The van der Waals surface area contributed by atoms with Crippen LogP contribution in [0.2, 0.25) is 0 Å². The summed E-state index contributed by atoms with van der Waals surface area (Å²) in [6.07, 6.45) is -3.39. The highest BCUT2D eigenvalue weighted by Gasteiger charge is 2.19. The second-order valence-corrected chi connectivity index (χ2v) is 3.07. The van der Waals surface area contributed by atoms with Gasteiger partial charge in [-0.05, 0) is 6.07 Å². The van der Waals surface area contributed by atoms with Gasteiger partial charge in [0.15, 0.2) is 11.4 Å². The number of carbonyl (C=O) groups is 1. The fourth-order valence-corrected chi connectivity index (χ4v) is 1.32. The molecule has 1 aromatic heterocycles. The van der Waals surface area contributed by atoms with Crippen LogP contribution in [0.1, 0.15) is 23.4 Å². The molecule has 0 aliphatic rings. The number of methoxy groups -OCH3 is 1. The molecule has 0 aromatic carbocycles. The highest BCUT2D eigenvalue weighted by molar-refractivity contribution is 5.72. The van der Waals surface area contributed by atoms with E-state index in [-0.39, 0.29) is 17.0 Å². The van der Waals surface area contributed by atoms with Gasteiger partial charge in [-0.3, -0.25) is 4.79 Å². The maximum atomic E-state index is 12.5. The minimum absolute atomic E-state index is 0.00171. The summed E-state index contributed by atoms with van der Waals surface area (Å²) >= 11 is 0. The van der Waals surface area contributed by atoms with Crippen molar-refractivity contribution in [3.05, 3.63) is 23.0 Å². The summed E-state index contributed by atoms with van der Waals surface area (Å²) < 4.78 is 29.8. The first-order valence-corrected chi connectivity index (χ1v) is 4.47. The number of alkyl halides is 2. The Kier molecular flexibility index (Phi) is 3.93. The number of carboxylic acid groups (broad SMARTS) is 1. The molecule has 17 heavy (non-hydrogen) atoms. The van der Waals surface area contributed by atoms with Crippen LogP contribution in [0.4, 0.5) is 8.78 Å². The molecular formula is C10H8F2N2O3. The van der Waals surface area contributed by atoms with Crippen LogP contribution in [-0.2, 0) is 11.2 Å². The lowest BCUT2D eigenvalue weighted by atomic mass is 10.1. The zero-order valence-electron chi connectivity index (χ0n) is 8.78. The van der Waals surface area contributed by atoms with E-state index in [0.29, 0.717) is 0 Å². The Morgan fingerprint density at radius 3 is 2.76 bits per heavy atom. The van der Waals surface area contributed by atoms with Gasteiger partial charge in [-0.25, -0.2) is 13.8 Å². The first-order chi connectivity index (χ1) is 7.99. The third-order valence-corrected chi connectivity index (χ3v) is 1.95. The highest BCUT2D eigenvalue weighted by Crippen LogP contribution is 2.27. The molecule has 0 saturated heterocycles. The van der Waals surface area contributed by atoms with Gasteiger partial charge >= 0.3 is 5.97 Å². The normalized spacial score (nSPS) is 10.1. The van der Waals surface area contributed by atoms with Crippen LogP contribution < -0.4 is 4.74 Å². The lowest BCUT2D eigenvalue weighted by Gasteiger charge is -2.10. The topological polar surface area (TPSA) is 83.2 Å². The quantitative estimate of drug-likeness (QED) is 0.865. The number of ether oxygens (including phenoxy) is 1. The molecule has 1 N–H and O–H groups in total. The van der Waals surface area contributed by atoms with Crippen LogP contribution in [0.5, 0.6) is 5.75 Å². The third kappa shape index (κ3) is 2.87. The standard InChI is InChI=1S/C10H8F2N2O3/c1-17-9-5(3-8(15)16)2-6(10(11)12)14-7(9)4-13/h2,10H,3H2,1H3,(H,15,16). The van der Waals surface area contributed by atoms with E-state index in [4.69, 9.17) is 15.1 Å². The minimum Gasteiger partial charge on any atom is -0.493 e. The summed E-state index contributed by atoms with van der Waals surface area (Å²) in [5, 5.41) is 17.4. The second kappa shape index (κ2) is 5.21. The van der Waals surface area contributed by atoms with Crippen LogP contribution in [0.25, 0.3) is 0 Å². The van der Waals surface area contributed by atoms with E-state index in [0.717, 1.165) is 6.07 Å². The molecule has 1 heterocycles.